The number of hydrogen-bond acceptors (Lipinski definition) is 5. The Morgan fingerprint density at radius 3 is 2.30 bits per heavy atom. The second-order valence-corrected chi connectivity index (χ2v) is 10.2. The van der Waals surface area contributed by atoms with Crippen LogP contribution in [0.2, 0.25) is 0 Å². The van der Waals surface area contributed by atoms with Crippen molar-refractivity contribution in [1.29, 1.82) is 0 Å². The summed E-state index contributed by atoms with van der Waals surface area (Å²) in [7, 11) is 2.82. The zero-order valence-corrected chi connectivity index (χ0v) is 21.2. The summed E-state index contributed by atoms with van der Waals surface area (Å²) in [6, 6.07) is 16.0. The lowest BCUT2D eigenvalue weighted by Gasteiger charge is -2.42. The minimum Gasteiger partial charge on any atom is -0.465 e. The van der Waals surface area contributed by atoms with Crippen molar-refractivity contribution < 1.29 is 32.3 Å². The number of rotatable bonds is 10. The lowest BCUT2D eigenvalue weighted by Crippen LogP contribution is -2.50. The fraction of sp³-hybridized carbons (Fsp3) is 0.500. The average molecular weight is 519 g/mol. The standard InChI is InChI=1S/C28H33F3N2O4/c1-36-19-27(12-14-32(15-13-27)17-20-8-10-22(11-9-20)25(34)37-2)18-33(31)26(35)28(29,30)24-16-23(24)21-6-4-3-5-7-21/h3-11,23-24H,12-19H2,1-2H3/t23-,24-/m1/s1. The fourth-order valence-corrected chi connectivity index (χ4v) is 5.31. The molecule has 2 aliphatic rings. The molecule has 0 N–H and O–H groups in total. The molecule has 0 spiro atoms. The number of likely N-dealkylation sites (tertiary alicyclic amines) is 1. The van der Waals surface area contributed by atoms with E-state index >= 15 is 4.48 Å². The topological polar surface area (TPSA) is 59.1 Å². The molecule has 0 aromatic heterocycles. The molecule has 4 rings (SSSR count). The number of carbonyl (C=O) groups excluding carboxylic acids is 2. The number of halogens is 3. The minimum absolute atomic E-state index is 0.162. The number of nitrogens with zero attached hydrogens (tertiary/aromatic N) is 2. The first-order chi connectivity index (χ1) is 17.7. The van der Waals surface area contributed by atoms with E-state index in [4.69, 9.17) is 9.47 Å². The average Bonchev–Trinajstić information content (AvgIpc) is 3.72. The fourth-order valence-electron chi connectivity index (χ4n) is 5.31. The molecule has 2 aromatic carbocycles. The molecule has 1 heterocycles. The predicted molar refractivity (Wildman–Crippen MR) is 132 cm³/mol. The molecule has 6 nitrogen and oxygen atoms in total. The largest absolute Gasteiger partial charge is 0.465 e. The van der Waals surface area contributed by atoms with Gasteiger partial charge in [0.25, 0.3) is 0 Å². The molecule has 9 heteroatoms. The monoisotopic (exact) mass is 518 g/mol. The first kappa shape index (κ1) is 27.1. The number of alkyl halides is 2. The van der Waals surface area contributed by atoms with Crippen LogP contribution in [0.4, 0.5) is 13.3 Å². The Kier molecular flexibility index (Phi) is 8.23. The highest BCUT2D eigenvalue weighted by molar-refractivity contribution is 5.89. The SMILES string of the molecule is COCC1(CN(F)C(=O)C(F)(F)[C@@H]2C[C@@H]2c2ccccc2)CCN(Cc2ccc(C(=O)OC)cc2)CC1. The molecule has 2 atom stereocenters. The van der Waals surface area contributed by atoms with Crippen LogP contribution in [0.5, 0.6) is 0 Å². The van der Waals surface area contributed by atoms with Gasteiger partial charge in [0.05, 0.1) is 25.8 Å². The van der Waals surface area contributed by atoms with Gasteiger partial charge in [0, 0.05) is 25.0 Å². The van der Waals surface area contributed by atoms with Gasteiger partial charge in [0.2, 0.25) is 0 Å². The Labute approximate surface area is 215 Å². The van der Waals surface area contributed by atoms with E-state index in [1.807, 2.05) is 12.1 Å². The third-order valence-corrected chi connectivity index (χ3v) is 7.61. The Morgan fingerprint density at radius 1 is 1.05 bits per heavy atom. The Hall–Kier alpha value is -2.91. The van der Waals surface area contributed by atoms with Gasteiger partial charge in [-0.3, -0.25) is 9.69 Å². The zero-order chi connectivity index (χ0) is 26.6. The van der Waals surface area contributed by atoms with Crippen molar-refractivity contribution in [3.63, 3.8) is 0 Å². The number of methoxy groups -OCH3 is 2. The Balaban J connectivity index is 1.34. The van der Waals surface area contributed by atoms with Gasteiger partial charge < -0.3 is 9.47 Å². The normalized spacial score (nSPS) is 21.3. The van der Waals surface area contributed by atoms with Crippen LogP contribution in [-0.4, -0.2) is 68.3 Å². The van der Waals surface area contributed by atoms with E-state index < -0.39 is 41.6 Å². The molecular weight excluding hydrogens is 485 g/mol. The lowest BCUT2D eigenvalue weighted by molar-refractivity contribution is -0.183. The van der Waals surface area contributed by atoms with Crippen LogP contribution in [-0.2, 0) is 20.8 Å². The third kappa shape index (κ3) is 6.15. The lowest BCUT2D eigenvalue weighted by atomic mass is 9.78. The minimum atomic E-state index is -3.76. The highest BCUT2D eigenvalue weighted by Gasteiger charge is 2.61. The van der Waals surface area contributed by atoms with Gasteiger partial charge in [-0.25, -0.2) is 4.79 Å². The van der Waals surface area contributed by atoms with Gasteiger partial charge >= 0.3 is 17.8 Å². The molecule has 37 heavy (non-hydrogen) atoms. The van der Waals surface area contributed by atoms with Crippen LogP contribution >= 0.6 is 0 Å². The third-order valence-electron chi connectivity index (χ3n) is 7.61. The second-order valence-electron chi connectivity index (χ2n) is 10.2. The molecule has 0 unspecified atom stereocenters. The summed E-state index contributed by atoms with van der Waals surface area (Å²) >= 11 is 0. The van der Waals surface area contributed by atoms with Crippen LogP contribution in [0.3, 0.4) is 0 Å². The van der Waals surface area contributed by atoms with E-state index in [9.17, 15) is 18.4 Å². The summed E-state index contributed by atoms with van der Waals surface area (Å²) in [6.45, 7) is 1.56. The highest BCUT2D eigenvalue weighted by atomic mass is 19.3. The summed E-state index contributed by atoms with van der Waals surface area (Å²) in [4.78, 5) is 26.4. The smallest absolute Gasteiger partial charge is 0.337 e. The molecule has 1 aliphatic heterocycles. The summed E-state index contributed by atoms with van der Waals surface area (Å²) < 4.78 is 55.0. The van der Waals surface area contributed by atoms with E-state index in [0.29, 0.717) is 38.0 Å². The second kappa shape index (κ2) is 11.2. The van der Waals surface area contributed by atoms with Crippen molar-refractivity contribution >= 4 is 11.9 Å². The summed E-state index contributed by atoms with van der Waals surface area (Å²) in [5, 5.41) is -0.277. The molecule has 2 fully saturated rings. The highest BCUT2D eigenvalue weighted by Crippen LogP contribution is 2.56. The van der Waals surface area contributed by atoms with Gasteiger partial charge in [0.15, 0.2) is 0 Å². The van der Waals surface area contributed by atoms with E-state index in [0.717, 1.165) is 11.1 Å². The summed E-state index contributed by atoms with van der Waals surface area (Å²) in [5.74, 6) is -7.56. The maximum absolute atomic E-state index is 15.0. The van der Waals surface area contributed by atoms with Crippen molar-refractivity contribution in [2.75, 3.05) is 40.5 Å². The Morgan fingerprint density at radius 2 is 1.70 bits per heavy atom. The van der Waals surface area contributed by atoms with Crippen LogP contribution in [0, 0.1) is 11.3 Å². The number of amides is 1. The number of carbonyl (C=O) groups is 2. The van der Waals surface area contributed by atoms with Crippen molar-refractivity contribution in [2.45, 2.75) is 37.6 Å². The van der Waals surface area contributed by atoms with Gasteiger partial charge in [-0.15, -0.1) is 0 Å². The molecular formula is C28H33F3N2O4. The molecule has 1 amide bonds. The molecule has 0 bridgehead atoms. The van der Waals surface area contributed by atoms with Crippen molar-refractivity contribution in [3.8, 4) is 0 Å². The van der Waals surface area contributed by atoms with Crippen LogP contribution in [0.25, 0.3) is 0 Å². The summed E-state index contributed by atoms with van der Waals surface area (Å²) in [5.41, 5.74) is 1.47. The van der Waals surface area contributed by atoms with E-state index in [2.05, 4.69) is 4.90 Å². The van der Waals surface area contributed by atoms with Gasteiger partial charge in [0.1, 0.15) is 0 Å². The van der Waals surface area contributed by atoms with E-state index in [1.165, 1.54) is 14.2 Å². The number of esters is 1. The number of piperidine rings is 1. The quantitative estimate of drug-likeness (QED) is 0.332. The summed E-state index contributed by atoms with van der Waals surface area (Å²) in [6.07, 6.45) is 1.15. The van der Waals surface area contributed by atoms with Crippen molar-refractivity contribution in [3.05, 3.63) is 71.3 Å². The molecule has 200 valence electrons. The molecule has 1 saturated heterocycles. The van der Waals surface area contributed by atoms with Crippen LogP contribution in [0.1, 0.15) is 46.7 Å². The van der Waals surface area contributed by atoms with Crippen LogP contribution < -0.4 is 0 Å². The molecule has 1 saturated carbocycles. The predicted octanol–water partition coefficient (Wildman–Crippen LogP) is 4.85. The van der Waals surface area contributed by atoms with Gasteiger partial charge in [-0.2, -0.15) is 13.9 Å². The van der Waals surface area contributed by atoms with E-state index in [1.54, 1.807) is 42.5 Å². The van der Waals surface area contributed by atoms with Crippen molar-refractivity contribution in [1.82, 2.24) is 10.0 Å². The van der Waals surface area contributed by atoms with Gasteiger partial charge in [-0.05, 0) is 61.5 Å². The molecule has 2 aromatic rings. The maximum atomic E-state index is 15.0. The maximum Gasteiger partial charge on any atom is 0.337 e. The molecule has 0 radical (unpaired) electrons. The zero-order valence-electron chi connectivity index (χ0n) is 21.2. The first-order valence-corrected chi connectivity index (χ1v) is 12.5. The first-order valence-electron chi connectivity index (χ1n) is 12.5. The van der Waals surface area contributed by atoms with Gasteiger partial charge in [-0.1, -0.05) is 46.9 Å². The van der Waals surface area contributed by atoms with Crippen molar-refractivity contribution in [2.24, 2.45) is 11.3 Å². The Bertz CT molecular complexity index is 1070. The number of hydrogen-bond donors (Lipinski definition) is 0. The number of benzene rings is 2. The van der Waals surface area contributed by atoms with E-state index in [-0.39, 0.29) is 18.1 Å². The number of ether oxygens (including phenoxy) is 2. The van der Waals surface area contributed by atoms with Crippen LogP contribution in [0.15, 0.2) is 54.6 Å². The molecule has 1 aliphatic carbocycles.